The van der Waals surface area contributed by atoms with Gasteiger partial charge in [-0.3, -0.25) is 15.0 Å². The number of hydrogen-bond acceptors (Lipinski definition) is 6. The Kier molecular flexibility index (Phi) is 5.82. The topological polar surface area (TPSA) is 83.8 Å². The summed E-state index contributed by atoms with van der Waals surface area (Å²) in [5, 5.41) is 11.5. The van der Waals surface area contributed by atoms with Crippen LogP contribution in [-0.4, -0.2) is 57.2 Å². The number of hydrogen-bond donors (Lipinski definition) is 0. The molecule has 0 unspecified atom stereocenters. The van der Waals surface area contributed by atoms with Crippen LogP contribution >= 0.6 is 0 Å². The van der Waals surface area contributed by atoms with E-state index in [4.69, 9.17) is 0 Å². The average molecular weight is 355 g/mol. The normalized spacial score (nSPS) is 16.6. The van der Waals surface area contributed by atoms with E-state index in [1.165, 1.54) is 6.07 Å². The minimum Gasteiger partial charge on any atom is -0.363 e. The largest absolute Gasteiger partial charge is 0.363 e. The van der Waals surface area contributed by atoms with Crippen LogP contribution < -0.4 is 4.90 Å². The number of benzene rings is 1. The van der Waals surface area contributed by atoms with Crippen LogP contribution in [0.25, 0.3) is 0 Å². The minimum absolute atomic E-state index is 0.216. The van der Waals surface area contributed by atoms with Gasteiger partial charge in [0.2, 0.25) is 0 Å². The second-order valence-corrected chi connectivity index (χ2v) is 8.65. The van der Waals surface area contributed by atoms with Crippen molar-refractivity contribution < 1.29 is 13.3 Å². The van der Waals surface area contributed by atoms with E-state index in [1.54, 1.807) is 12.1 Å². The van der Waals surface area contributed by atoms with Gasteiger partial charge in [0.05, 0.1) is 4.92 Å². The van der Waals surface area contributed by atoms with Crippen molar-refractivity contribution in [1.82, 2.24) is 4.90 Å². The molecule has 1 aliphatic heterocycles. The first kappa shape index (κ1) is 18.7. The van der Waals surface area contributed by atoms with Crippen LogP contribution in [0.3, 0.4) is 0 Å². The Balaban J connectivity index is 2.20. The molecule has 1 fully saturated rings. The third-order valence-corrected chi connectivity index (χ3v) is 5.42. The summed E-state index contributed by atoms with van der Waals surface area (Å²) in [5.74, 6) is 0.649. The molecule has 1 aromatic carbocycles. The Labute approximate surface area is 143 Å². The van der Waals surface area contributed by atoms with Gasteiger partial charge < -0.3 is 4.90 Å². The first-order chi connectivity index (χ1) is 11.2. The summed E-state index contributed by atoms with van der Waals surface area (Å²) in [6, 6.07) is 4.51. The van der Waals surface area contributed by atoms with E-state index in [2.05, 4.69) is 18.7 Å². The highest BCUT2D eigenvalue weighted by atomic mass is 32.2. The summed E-state index contributed by atoms with van der Waals surface area (Å²) in [5.41, 5.74) is 0.0852. The quantitative estimate of drug-likeness (QED) is 0.574. The van der Waals surface area contributed by atoms with Gasteiger partial charge in [0.25, 0.3) is 0 Å². The van der Waals surface area contributed by atoms with Gasteiger partial charge in [-0.05, 0) is 31.0 Å². The zero-order valence-corrected chi connectivity index (χ0v) is 15.3. The SMILES string of the molecule is CC(C)CCN1CCN(c2cccc(S(C)(=O)=O)c2[N+](=O)[O-])CC1. The predicted molar refractivity (Wildman–Crippen MR) is 94.3 cm³/mol. The van der Waals surface area contributed by atoms with E-state index in [9.17, 15) is 18.5 Å². The fourth-order valence-electron chi connectivity index (χ4n) is 2.90. The Morgan fingerprint density at radius 1 is 1.21 bits per heavy atom. The molecule has 0 bridgehead atoms. The molecule has 0 spiro atoms. The van der Waals surface area contributed by atoms with Crippen molar-refractivity contribution in [2.75, 3.05) is 43.9 Å². The van der Waals surface area contributed by atoms with Crippen LogP contribution in [0.4, 0.5) is 11.4 Å². The molecule has 0 radical (unpaired) electrons. The Morgan fingerprint density at radius 3 is 2.33 bits per heavy atom. The smallest absolute Gasteiger partial charge is 0.311 e. The summed E-state index contributed by atoms with van der Waals surface area (Å²) in [6.07, 6.45) is 2.13. The van der Waals surface area contributed by atoms with Crippen molar-refractivity contribution in [2.45, 2.75) is 25.2 Å². The van der Waals surface area contributed by atoms with Gasteiger partial charge in [-0.15, -0.1) is 0 Å². The fraction of sp³-hybridized carbons (Fsp3) is 0.625. The van der Waals surface area contributed by atoms with Gasteiger partial charge in [0, 0.05) is 32.4 Å². The molecule has 134 valence electrons. The molecule has 8 heteroatoms. The van der Waals surface area contributed by atoms with Gasteiger partial charge >= 0.3 is 5.69 Å². The lowest BCUT2D eigenvalue weighted by molar-refractivity contribution is -0.387. The van der Waals surface area contributed by atoms with E-state index < -0.39 is 14.8 Å². The molecule has 7 nitrogen and oxygen atoms in total. The molecule has 1 aliphatic rings. The van der Waals surface area contributed by atoms with E-state index >= 15 is 0 Å². The number of rotatable bonds is 6. The molecule has 0 aromatic heterocycles. The summed E-state index contributed by atoms with van der Waals surface area (Å²) in [4.78, 5) is 14.9. The van der Waals surface area contributed by atoms with Crippen LogP contribution in [0.1, 0.15) is 20.3 Å². The van der Waals surface area contributed by atoms with Crippen LogP contribution in [0, 0.1) is 16.0 Å². The van der Waals surface area contributed by atoms with E-state index in [-0.39, 0.29) is 10.6 Å². The van der Waals surface area contributed by atoms with Gasteiger partial charge in [-0.2, -0.15) is 0 Å². The zero-order valence-electron chi connectivity index (χ0n) is 14.4. The Hall–Kier alpha value is -1.67. The lowest BCUT2D eigenvalue weighted by Crippen LogP contribution is -2.47. The molecule has 1 aromatic rings. The molecule has 0 aliphatic carbocycles. The molecular weight excluding hydrogens is 330 g/mol. The summed E-state index contributed by atoms with van der Waals surface area (Å²) in [6.45, 7) is 8.38. The second-order valence-electron chi connectivity index (χ2n) is 6.66. The number of anilines is 1. The lowest BCUT2D eigenvalue weighted by atomic mass is 10.1. The first-order valence-corrected chi connectivity index (χ1v) is 10.0. The van der Waals surface area contributed by atoms with Crippen molar-refractivity contribution in [3.05, 3.63) is 28.3 Å². The molecule has 2 rings (SSSR count). The molecular formula is C16H25N3O4S. The molecule has 0 atom stereocenters. The number of sulfone groups is 1. The van der Waals surface area contributed by atoms with Crippen molar-refractivity contribution >= 4 is 21.2 Å². The average Bonchev–Trinajstić information content (AvgIpc) is 2.51. The van der Waals surface area contributed by atoms with Crippen molar-refractivity contribution in [3.8, 4) is 0 Å². The van der Waals surface area contributed by atoms with Crippen molar-refractivity contribution in [2.24, 2.45) is 5.92 Å². The molecule has 1 saturated heterocycles. The van der Waals surface area contributed by atoms with Gasteiger partial charge in [-0.1, -0.05) is 19.9 Å². The maximum absolute atomic E-state index is 11.9. The third kappa shape index (κ3) is 4.45. The summed E-state index contributed by atoms with van der Waals surface area (Å²) < 4.78 is 23.7. The third-order valence-electron chi connectivity index (χ3n) is 4.30. The van der Waals surface area contributed by atoms with Crippen molar-refractivity contribution in [1.29, 1.82) is 0 Å². The van der Waals surface area contributed by atoms with Crippen molar-refractivity contribution in [3.63, 3.8) is 0 Å². The highest BCUT2D eigenvalue weighted by Crippen LogP contribution is 2.35. The molecule has 0 saturated carbocycles. The number of nitro groups is 1. The number of para-hydroxylation sites is 1. The molecule has 0 N–H and O–H groups in total. The molecule has 0 amide bonds. The van der Waals surface area contributed by atoms with Crippen LogP contribution in [0.2, 0.25) is 0 Å². The Bertz CT molecular complexity index is 695. The highest BCUT2D eigenvalue weighted by Gasteiger charge is 2.30. The standard InChI is InChI=1S/C16H25N3O4S/c1-13(2)7-8-17-9-11-18(12-10-17)14-5-4-6-15(24(3,22)23)16(14)19(20)21/h4-6,13H,7-12H2,1-3H3. The second kappa shape index (κ2) is 7.48. The van der Waals surface area contributed by atoms with Crippen LogP contribution in [0.5, 0.6) is 0 Å². The molecule has 24 heavy (non-hydrogen) atoms. The number of nitro benzene ring substituents is 1. The first-order valence-electron chi connectivity index (χ1n) is 8.15. The van der Waals surface area contributed by atoms with Gasteiger partial charge in [0.15, 0.2) is 9.84 Å². The monoisotopic (exact) mass is 355 g/mol. The van der Waals surface area contributed by atoms with E-state index in [1.807, 2.05) is 4.90 Å². The van der Waals surface area contributed by atoms with E-state index in [0.717, 1.165) is 32.3 Å². The van der Waals surface area contributed by atoms with Gasteiger partial charge in [0.1, 0.15) is 10.6 Å². The number of nitrogens with zero attached hydrogens (tertiary/aromatic N) is 3. The maximum atomic E-state index is 11.9. The zero-order chi connectivity index (χ0) is 17.9. The maximum Gasteiger partial charge on any atom is 0.311 e. The predicted octanol–water partition coefficient (Wildman–Crippen LogP) is 2.17. The Morgan fingerprint density at radius 2 is 1.83 bits per heavy atom. The fourth-order valence-corrected chi connectivity index (χ4v) is 3.76. The van der Waals surface area contributed by atoms with E-state index in [0.29, 0.717) is 24.7 Å². The lowest BCUT2D eigenvalue weighted by Gasteiger charge is -2.36. The highest BCUT2D eigenvalue weighted by molar-refractivity contribution is 7.90. The van der Waals surface area contributed by atoms with Crippen LogP contribution in [-0.2, 0) is 9.84 Å². The molecule has 1 heterocycles. The van der Waals surface area contributed by atoms with Crippen LogP contribution in [0.15, 0.2) is 23.1 Å². The number of piperazine rings is 1. The van der Waals surface area contributed by atoms with Gasteiger partial charge in [-0.25, -0.2) is 8.42 Å². The summed E-state index contributed by atoms with van der Waals surface area (Å²) in [7, 11) is -3.65. The summed E-state index contributed by atoms with van der Waals surface area (Å²) >= 11 is 0. The minimum atomic E-state index is -3.65.